The van der Waals surface area contributed by atoms with Gasteiger partial charge in [-0.15, -0.1) is 0 Å². The normalized spacial score (nSPS) is 13.6. The molecule has 21 heavy (non-hydrogen) atoms. The van der Waals surface area contributed by atoms with Crippen molar-refractivity contribution in [2.45, 2.75) is 25.5 Å². The molecule has 0 bridgehead atoms. The van der Waals surface area contributed by atoms with Crippen LogP contribution in [0.15, 0.2) is 0 Å². The van der Waals surface area contributed by atoms with Crippen molar-refractivity contribution in [3.63, 3.8) is 0 Å². The molecule has 128 valence electrons. The van der Waals surface area contributed by atoms with Gasteiger partial charge in [0.25, 0.3) is 0 Å². The lowest BCUT2D eigenvalue weighted by molar-refractivity contribution is -0.0313. The molecule has 0 aliphatic carbocycles. The Kier molecular flexibility index (Phi) is 13.5. The molecule has 1 unspecified atom stereocenters. The fourth-order valence-corrected chi connectivity index (χ4v) is 3.39. The molecular formula is C13H30O7Si. The van der Waals surface area contributed by atoms with E-state index in [-0.39, 0.29) is 13.2 Å². The van der Waals surface area contributed by atoms with Crippen LogP contribution in [0.1, 0.15) is 13.3 Å². The monoisotopic (exact) mass is 326 g/mol. The average Bonchev–Trinajstić information content (AvgIpc) is 2.51. The van der Waals surface area contributed by atoms with Crippen molar-refractivity contribution in [2.75, 3.05) is 61.0 Å². The van der Waals surface area contributed by atoms with Gasteiger partial charge in [0.15, 0.2) is 0 Å². The maximum Gasteiger partial charge on any atom is 0.500 e. The van der Waals surface area contributed by atoms with E-state index in [2.05, 4.69) is 0 Å². The topological polar surface area (TPSA) is 75.6 Å². The summed E-state index contributed by atoms with van der Waals surface area (Å²) in [7, 11) is 2.25. The van der Waals surface area contributed by atoms with Gasteiger partial charge in [0.2, 0.25) is 0 Å². The summed E-state index contributed by atoms with van der Waals surface area (Å²) in [5, 5.41) is 9.65. The van der Waals surface area contributed by atoms with E-state index in [1.54, 1.807) is 21.3 Å². The molecule has 0 amide bonds. The molecule has 0 spiro atoms. The number of hydrogen-bond donors (Lipinski definition) is 1. The predicted octanol–water partition coefficient (Wildman–Crippen LogP) is 0.685. The highest BCUT2D eigenvalue weighted by molar-refractivity contribution is 6.60. The number of ether oxygens (including phenoxy) is 3. The van der Waals surface area contributed by atoms with Crippen LogP contribution in [0.3, 0.4) is 0 Å². The first-order chi connectivity index (χ1) is 10.1. The van der Waals surface area contributed by atoms with Crippen LogP contribution in [0.2, 0.25) is 6.04 Å². The highest BCUT2D eigenvalue weighted by atomic mass is 28.4. The molecule has 0 heterocycles. The Bertz CT molecular complexity index is 218. The Balaban J connectivity index is 3.53. The minimum Gasteiger partial charge on any atom is -0.388 e. The summed E-state index contributed by atoms with van der Waals surface area (Å²) in [4.78, 5) is 0. The molecule has 0 aliphatic heterocycles. The third kappa shape index (κ3) is 10.3. The van der Waals surface area contributed by atoms with Gasteiger partial charge in [-0.2, -0.15) is 0 Å². The van der Waals surface area contributed by atoms with Gasteiger partial charge in [0.1, 0.15) is 6.10 Å². The summed E-state index contributed by atoms with van der Waals surface area (Å²) in [6.45, 7) is 4.63. The van der Waals surface area contributed by atoms with E-state index < -0.39 is 14.9 Å². The quantitative estimate of drug-likeness (QED) is 0.350. The van der Waals surface area contributed by atoms with E-state index in [0.717, 1.165) is 6.42 Å². The predicted molar refractivity (Wildman–Crippen MR) is 80.3 cm³/mol. The van der Waals surface area contributed by atoms with Crippen LogP contribution in [-0.2, 0) is 27.5 Å². The first kappa shape index (κ1) is 20.9. The molecule has 0 rings (SSSR count). The lowest BCUT2D eigenvalue weighted by atomic mass is 10.4. The first-order valence-corrected chi connectivity index (χ1v) is 9.14. The van der Waals surface area contributed by atoms with Gasteiger partial charge in [-0.25, -0.2) is 0 Å². The second-order valence-corrected chi connectivity index (χ2v) is 7.49. The van der Waals surface area contributed by atoms with Gasteiger partial charge >= 0.3 is 8.80 Å². The minimum absolute atomic E-state index is 0.246. The lowest BCUT2D eigenvalue weighted by Gasteiger charge is -2.24. The third-order valence-electron chi connectivity index (χ3n) is 2.90. The second kappa shape index (κ2) is 13.6. The van der Waals surface area contributed by atoms with Gasteiger partial charge in [-0.1, -0.05) is 0 Å². The zero-order valence-corrected chi connectivity index (χ0v) is 14.6. The summed E-state index contributed by atoms with van der Waals surface area (Å²) in [6.07, 6.45) is 0.125. The molecule has 0 saturated heterocycles. The molecular weight excluding hydrogens is 296 g/mol. The van der Waals surface area contributed by atoms with Gasteiger partial charge in [0.05, 0.1) is 26.4 Å². The van der Waals surface area contributed by atoms with Crippen molar-refractivity contribution in [1.82, 2.24) is 0 Å². The summed E-state index contributed by atoms with van der Waals surface area (Å²) in [5.74, 6) is 0. The molecule has 0 fully saturated rings. The van der Waals surface area contributed by atoms with Gasteiger partial charge in [0, 0.05) is 40.6 Å². The van der Waals surface area contributed by atoms with Gasteiger partial charge in [-0.3, -0.25) is 0 Å². The Morgan fingerprint density at radius 2 is 1.38 bits per heavy atom. The van der Waals surface area contributed by atoms with Crippen molar-refractivity contribution in [3.05, 3.63) is 0 Å². The van der Waals surface area contributed by atoms with E-state index >= 15 is 0 Å². The van der Waals surface area contributed by atoms with Crippen LogP contribution in [0.5, 0.6) is 0 Å². The average molecular weight is 326 g/mol. The zero-order chi connectivity index (χ0) is 16.0. The number of aliphatic hydroxyl groups is 1. The van der Waals surface area contributed by atoms with Crippen molar-refractivity contribution in [1.29, 1.82) is 0 Å². The van der Waals surface area contributed by atoms with Crippen molar-refractivity contribution in [3.8, 4) is 0 Å². The molecule has 0 aromatic heterocycles. The van der Waals surface area contributed by atoms with E-state index in [1.807, 2.05) is 6.92 Å². The standard InChI is InChI=1S/C13H30O7Si/c1-5-18-8-9-20-12-13(14)11-19-7-6-10-21(15-2,16-3)17-4/h13-14H,5-12H2,1-4H3. The number of rotatable bonds is 15. The smallest absolute Gasteiger partial charge is 0.388 e. The van der Waals surface area contributed by atoms with Crippen LogP contribution < -0.4 is 0 Å². The second-order valence-electron chi connectivity index (χ2n) is 4.40. The lowest BCUT2D eigenvalue weighted by Crippen LogP contribution is -2.42. The Hall–Kier alpha value is -0.0631. The molecule has 0 aromatic carbocycles. The van der Waals surface area contributed by atoms with E-state index in [9.17, 15) is 5.11 Å². The Morgan fingerprint density at radius 1 is 0.857 bits per heavy atom. The summed E-state index contributed by atoms with van der Waals surface area (Å²) >= 11 is 0. The first-order valence-electron chi connectivity index (χ1n) is 7.20. The maximum atomic E-state index is 9.65. The molecule has 1 atom stereocenters. The summed E-state index contributed by atoms with van der Waals surface area (Å²) in [5.41, 5.74) is 0. The third-order valence-corrected chi connectivity index (χ3v) is 5.73. The van der Waals surface area contributed by atoms with Crippen molar-refractivity contribution < 1.29 is 32.6 Å². The SMILES string of the molecule is CCOCCOCC(O)COCCC[Si](OC)(OC)OC. The molecule has 0 saturated carbocycles. The van der Waals surface area contributed by atoms with Crippen LogP contribution in [-0.4, -0.2) is 81.0 Å². The van der Waals surface area contributed by atoms with Crippen LogP contribution in [0, 0.1) is 0 Å². The molecule has 0 aromatic rings. The zero-order valence-electron chi connectivity index (χ0n) is 13.6. The molecule has 7 nitrogen and oxygen atoms in total. The van der Waals surface area contributed by atoms with Crippen LogP contribution in [0.4, 0.5) is 0 Å². The largest absolute Gasteiger partial charge is 0.500 e. The van der Waals surface area contributed by atoms with E-state index in [1.165, 1.54) is 0 Å². The molecule has 1 N–H and O–H groups in total. The highest BCUT2D eigenvalue weighted by Crippen LogP contribution is 2.14. The van der Waals surface area contributed by atoms with E-state index in [4.69, 9.17) is 27.5 Å². The molecule has 8 heteroatoms. The number of hydrogen-bond acceptors (Lipinski definition) is 7. The Morgan fingerprint density at radius 3 is 1.90 bits per heavy atom. The van der Waals surface area contributed by atoms with Crippen molar-refractivity contribution >= 4 is 8.80 Å². The summed E-state index contributed by atoms with van der Waals surface area (Å²) in [6, 6.07) is 0.678. The fraction of sp³-hybridized carbons (Fsp3) is 1.00. The van der Waals surface area contributed by atoms with Crippen LogP contribution in [0.25, 0.3) is 0 Å². The van der Waals surface area contributed by atoms with Crippen LogP contribution >= 0.6 is 0 Å². The minimum atomic E-state index is -2.51. The number of aliphatic hydroxyl groups excluding tert-OH is 1. The van der Waals surface area contributed by atoms with E-state index in [0.29, 0.717) is 32.5 Å². The molecule has 0 radical (unpaired) electrons. The summed E-state index contributed by atoms with van der Waals surface area (Å²) < 4.78 is 31.7. The maximum absolute atomic E-state index is 9.65. The fourth-order valence-electron chi connectivity index (χ4n) is 1.70. The van der Waals surface area contributed by atoms with Gasteiger partial charge < -0.3 is 32.6 Å². The highest BCUT2D eigenvalue weighted by Gasteiger charge is 2.36. The van der Waals surface area contributed by atoms with Crippen molar-refractivity contribution in [2.24, 2.45) is 0 Å². The Labute approximate surface area is 128 Å². The van der Waals surface area contributed by atoms with Gasteiger partial charge in [-0.05, 0) is 13.3 Å². The molecule has 0 aliphatic rings.